The monoisotopic (exact) mass is 235 g/mol. The fraction of sp³-hybridized carbons (Fsp3) is 0.500. The minimum absolute atomic E-state index is 0.0276. The van der Waals surface area contributed by atoms with Crippen LogP contribution in [0, 0.1) is 0 Å². The van der Waals surface area contributed by atoms with Gasteiger partial charge in [-0.1, -0.05) is 6.07 Å². The second-order valence-corrected chi connectivity index (χ2v) is 4.69. The van der Waals surface area contributed by atoms with Gasteiger partial charge in [-0.25, -0.2) is 4.98 Å². The number of anilines is 1. The van der Waals surface area contributed by atoms with Crippen LogP contribution in [0.5, 0.6) is 0 Å². The lowest BCUT2D eigenvalue weighted by Crippen LogP contribution is -2.48. The van der Waals surface area contributed by atoms with Gasteiger partial charge in [0.2, 0.25) is 5.91 Å². The van der Waals surface area contributed by atoms with Crippen molar-refractivity contribution in [3.8, 4) is 0 Å². The molecule has 5 heteroatoms. The van der Waals surface area contributed by atoms with Crippen molar-refractivity contribution in [1.82, 2.24) is 10.3 Å². The molecule has 0 aliphatic carbocycles. The third-order valence-corrected chi connectivity index (χ3v) is 2.82. The van der Waals surface area contributed by atoms with Gasteiger partial charge in [-0.2, -0.15) is 0 Å². The van der Waals surface area contributed by atoms with Gasteiger partial charge in [0.15, 0.2) is 0 Å². The number of amides is 1. The van der Waals surface area contributed by atoms with Crippen LogP contribution < -0.4 is 10.2 Å². The Morgan fingerprint density at radius 3 is 2.76 bits per heavy atom. The molecule has 0 aromatic carbocycles. The Bertz CT molecular complexity index is 409. The summed E-state index contributed by atoms with van der Waals surface area (Å²) in [6.07, 6.45) is 1.62. The average Bonchev–Trinajstić information content (AvgIpc) is 2.29. The largest absolute Gasteiger partial charge is 0.386 e. The Hall–Kier alpha value is -1.46. The van der Waals surface area contributed by atoms with E-state index in [0.717, 1.165) is 12.1 Å². The topological polar surface area (TPSA) is 65.5 Å². The molecule has 0 radical (unpaired) electrons. The molecule has 0 spiro atoms. The van der Waals surface area contributed by atoms with Crippen molar-refractivity contribution in [2.45, 2.75) is 19.4 Å². The highest BCUT2D eigenvalue weighted by molar-refractivity contribution is 5.94. The number of piperazine rings is 1. The highest BCUT2D eigenvalue weighted by atomic mass is 16.3. The highest BCUT2D eigenvalue weighted by Crippen LogP contribution is 2.21. The molecule has 1 amide bonds. The molecule has 0 atom stereocenters. The van der Waals surface area contributed by atoms with E-state index in [-0.39, 0.29) is 5.91 Å². The third-order valence-electron chi connectivity index (χ3n) is 2.82. The zero-order valence-electron chi connectivity index (χ0n) is 10.1. The summed E-state index contributed by atoms with van der Waals surface area (Å²) in [5, 5.41) is 12.8. The van der Waals surface area contributed by atoms with Crippen LogP contribution in [-0.2, 0) is 10.4 Å². The number of carbonyl (C=O) groups excluding carboxylic acids is 1. The lowest BCUT2D eigenvalue weighted by molar-refractivity contribution is -0.118. The molecular weight excluding hydrogens is 218 g/mol. The van der Waals surface area contributed by atoms with Gasteiger partial charge < -0.3 is 10.4 Å². The van der Waals surface area contributed by atoms with Crippen molar-refractivity contribution in [3.05, 3.63) is 23.9 Å². The number of pyridine rings is 1. The van der Waals surface area contributed by atoms with Gasteiger partial charge in [-0.3, -0.25) is 9.69 Å². The molecule has 1 aromatic heterocycles. The number of hydrogen-bond acceptors (Lipinski definition) is 4. The Balaban J connectivity index is 2.20. The molecule has 1 saturated heterocycles. The molecule has 0 saturated carbocycles. The third kappa shape index (κ3) is 2.62. The number of carbonyl (C=O) groups is 1. The Morgan fingerprint density at radius 1 is 1.47 bits per heavy atom. The molecular formula is C12H17N3O2. The summed E-state index contributed by atoms with van der Waals surface area (Å²) < 4.78 is 0. The second-order valence-electron chi connectivity index (χ2n) is 4.69. The van der Waals surface area contributed by atoms with Crippen molar-refractivity contribution in [2.75, 3.05) is 24.5 Å². The van der Waals surface area contributed by atoms with Crippen molar-refractivity contribution in [1.29, 1.82) is 0 Å². The lowest BCUT2D eigenvalue weighted by atomic mass is 10.0. The predicted octanol–water partition coefficient (Wildman–Crippen LogP) is 0.245. The fourth-order valence-corrected chi connectivity index (χ4v) is 1.76. The number of aromatic nitrogens is 1. The van der Waals surface area contributed by atoms with Gasteiger partial charge in [-0.15, -0.1) is 0 Å². The smallest absolute Gasteiger partial charge is 0.242 e. The average molecular weight is 235 g/mol. The number of rotatable bonds is 2. The van der Waals surface area contributed by atoms with E-state index in [1.807, 2.05) is 0 Å². The van der Waals surface area contributed by atoms with Crippen molar-refractivity contribution in [2.24, 2.45) is 0 Å². The van der Waals surface area contributed by atoms with Crippen LogP contribution >= 0.6 is 0 Å². The van der Waals surface area contributed by atoms with Crippen molar-refractivity contribution < 1.29 is 9.90 Å². The molecule has 1 aromatic rings. The molecule has 17 heavy (non-hydrogen) atoms. The molecule has 1 aliphatic rings. The van der Waals surface area contributed by atoms with Gasteiger partial charge in [0, 0.05) is 24.8 Å². The number of nitrogens with one attached hydrogen (secondary N) is 1. The Morgan fingerprint density at radius 2 is 2.24 bits per heavy atom. The fourth-order valence-electron chi connectivity index (χ4n) is 1.76. The van der Waals surface area contributed by atoms with Gasteiger partial charge in [0.1, 0.15) is 5.82 Å². The van der Waals surface area contributed by atoms with Crippen molar-refractivity contribution in [3.63, 3.8) is 0 Å². The maximum Gasteiger partial charge on any atom is 0.242 e. The van der Waals surface area contributed by atoms with Gasteiger partial charge in [-0.05, 0) is 19.9 Å². The van der Waals surface area contributed by atoms with Crippen LogP contribution in [0.25, 0.3) is 0 Å². The molecule has 92 valence electrons. The molecule has 1 fully saturated rings. The summed E-state index contributed by atoms with van der Waals surface area (Å²) in [5.74, 6) is 0.671. The molecule has 5 nitrogen and oxygen atoms in total. The second kappa shape index (κ2) is 4.43. The van der Waals surface area contributed by atoms with E-state index >= 15 is 0 Å². The van der Waals surface area contributed by atoms with Crippen LogP contribution in [0.15, 0.2) is 18.3 Å². The first-order chi connectivity index (χ1) is 7.98. The van der Waals surface area contributed by atoms with E-state index in [0.29, 0.717) is 18.9 Å². The maximum atomic E-state index is 11.7. The quantitative estimate of drug-likeness (QED) is 0.771. The standard InChI is InChI=1S/C12H17N3O2/c1-12(2,17)9-3-4-10(14-7-9)15-6-5-13-8-11(15)16/h3-4,7,13,17H,5-6,8H2,1-2H3. The maximum absolute atomic E-state index is 11.7. The van der Waals surface area contributed by atoms with Crippen LogP contribution in [0.3, 0.4) is 0 Å². The number of aliphatic hydroxyl groups is 1. The van der Waals surface area contributed by atoms with Crippen LogP contribution in [0.4, 0.5) is 5.82 Å². The summed E-state index contributed by atoms with van der Waals surface area (Å²) in [6, 6.07) is 3.58. The van der Waals surface area contributed by atoms with E-state index < -0.39 is 5.60 Å². The summed E-state index contributed by atoms with van der Waals surface area (Å²) in [5.41, 5.74) is -0.164. The number of nitrogens with zero attached hydrogens (tertiary/aromatic N) is 2. The highest BCUT2D eigenvalue weighted by Gasteiger charge is 2.21. The molecule has 1 aliphatic heterocycles. The van der Waals surface area contributed by atoms with Gasteiger partial charge >= 0.3 is 0 Å². The molecule has 2 rings (SSSR count). The summed E-state index contributed by atoms with van der Waals surface area (Å²) in [4.78, 5) is 17.5. The predicted molar refractivity (Wildman–Crippen MR) is 64.7 cm³/mol. The SMILES string of the molecule is CC(C)(O)c1ccc(N2CCNCC2=O)nc1. The van der Waals surface area contributed by atoms with Crippen LogP contribution in [0.1, 0.15) is 19.4 Å². The molecule has 0 unspecified atom stereocenters. The molecule has 2 heterocycles. The zero-order chi connectivity index (χ0) is 12.5. The van der Waals surface area contributed by atoms with E-state index in [9.17, 15) is 9.90 Å². The lowest BCUT2D eigenvalue weighted by Gasteiger charge is -2.27. The summed E-state index contributed by atoms with van der Waals surface area (Å²) in [7, 11) is 0. The zero-order valence-corrected chi connectivity index (χ0v) is 10.1. The van der Waals surface area contributed by atoms with Crippen LogP contribution in [0.2, 0.25) is 0 Å². The van der Waals surface area contributed by atoms with E-state index in [4.69, 9.17) is 0 Å². The summed E-state index contributed by atoms with van der Waals surface area (Å²) >= 11 is 0. The number of hydrogen-bond donors (Lipinski definition) is 2. The van der Waals surface area contributed by atoms with E-state index in [1.165, 1.54) is 0 Å². The van der Waals surface area contributed by atoms with Crippen LogP contribution in [-0.4, -0.2) is 35.6 Å². The summed E-state index contributed by atoms with van der Waals surface area (Å²) in [6.45, 7) is 5.18. The molecule has 2 N–H and O–H groups in total. The van der Waals surface area contributed by atoms with Gasteiger partial charge in [0.05, 0.1) is 12.1 Å². The minimum Gasteiger partial charge on any atom is -0.386 e. The Kier molecular flexibility index (Phi) is 3.13. The first kappa shape index (κ1) is 12.0. The first-order valence-electron chi connectivity index (χ1n) is 5.68. The minimum atomic E-state index is -0.904. The Labute approximate surface area is 100 Å². The van der Waals surface area contributed by atoms with Gasteiger partial charge in [0.25, 0.3) is 0 Å². The van der Waals surface area contributed by atoms with E-state index in [1.54, 1.807) is 37.1 Å². The first-order valence-corrected chi connectivity index (χ1v) is 5.68. The van der Waals surface area contributed by atoms with E-state index in [2.05, 4.69) is 10.3 Å². The molecule has 0 bridgehead atoms. The normalized spacial score (nSPS) is 17.4. The van der Waals surface area contributed by atoms with Crippen molar-refractivity contribution >= 4 is 11.7 Å².